The quantitative estimate of drug-likeness (QED) is 0.465. The monoisotopic (exact) mass is 260 g/mol. The molecule has 1 aromatic rings. The van der Waals surface area contributed by atoms with Crippen LogP contribution in [0.2, 0.25) is 0 Å². The van der Waals surface area contributed by atoms with Gasteiger partial charge in [0.2, 0.25) is 0 Å². The number of fused-ring (bicyclic) bond motifs is 1. The third-order valence-electron chi connectivity index (χ3n) is 4.05. The lowest BCUT2D eigenvalue weighted by atomic mass is 9.93. The number of rotatable bonds is 2. The molecule has 0 spiro atoms. The van der Waals surface area contributed by atoms with Gasteiger partial charge in [-0.05, 0) is 44.2 Å². The normalized spacial score (nSPS) is 26.4. The summed E-state index contributed by atoms with van der Waals surface area (Å²) in [4.78, 5) is 14.5. The first-order valence-corrected chi connectivity index (χ1v) is 6.59. The molecule has 0 saturated heterocycles. The van der Waals surface area contributed by atoms with E-state index in [1.54, 1.807) is 12.3 Å². The highest BCUT2D eigenvalue weighted by atomic mass is 16.6. The Bertz CT molecular complexity index is 553. The summed E-state index contributed by atoms with van der Waals surface area (Å²) >= 11 is 0. The van der Waals surface area contributed by atoms with Crippen molar-refractivity contribution >= 4 is 5.69 Å². The highest BCUT2D eigenvalue weighted by Crippen LogP contribution is 2.43. The van der Waals surface area contributed by atoms with Crippen LogP contribution in [0.15, 0.2) is 29.6 Å². The number of hydrogen-bond donors (Lipinski definition) is 0. The summed E-state index contributed by atoms with van der Waals surface area (Å²) in [6.45, 7) is 2.12. The van der Waals surface area contributed by atoms with Crippen molar-refractivity contribution in [3.63, 3.8) is 0 Å². The van der Waals surface area contributed by atoms with E-state index in [0.29, 0.717) is 5.56 Å². The fourth-order valence-electron chi connectivity index (χ4n) is 3.11. The van der Waals surface area contributed by atoms with Crippen LogP contribution in [0.3, 0.4) is 0 Å². The van der Waals surface area contributed by atoms with Gasteiger partial charge in [-0.1, -0.05) is 5.57 Å². The van der Waals surface area contributed by atoms with Crippen LogP contribution in [-0.4, -0.2) is 16.0 Å². The number of ether oxygens (including phenoxy) is 1. The van der Waals surface area contributed by atoms with E-state index >= 15 is 0 Å². The Morgan fingerprint density at radius 1 is 1.47 bits per heavy atom. The lowest BCUT2D eigenvalue weighted by Crippen LogP contribution is -2.22. The topological polar surface area (TPSA) is 65.3 Å². The Morgan fingerprint density at radius 2 is 2.32 bits per heavy atom. The van der Waals surface area contributed by atoms with Crippen molar-refractivity contribution in [3.05, 3.63) is 45.3 Å². The van der Waals surface area contributed by atoms with E-state index in [1.807, 2.05) is 0 Å². The highest BCUT2D eigenvalue weighted by molar-refractivity contribution is 5.40. The Labute approximate surface area is 111 Å². The molecule has 1 aliphatic heterocycles. The number of nitrogens with zero attached hydrogens (tertiary/aromatic N) is 2. The zero-order chi connectivity index (χ0) is 13.4. The Morgan fingerprint density at radius 3 is 3.11 bits per heavy atom. The first kappa shape index (κ1) is 12.3. The molecule has 1 aromatic heterocycles. The van der Waals surface area contributed by atoms with Gasteiger partial charge in [0, 0.05) is 6.20 Å². The van der Waals surface area contributed by atoms with Gasteiger partial charge in [-0.15, -0.1) is 0 Å². The summed E-state index contributed by atoms with van der Waals surface area (Å²) in [6.07, 6.45) is 6.89. The number of nitro groups is 1. The summed E-state index contributed by atoms with van der Waals surface area (Å²) in [6, 6.07) is 1.70. The lowest BCUT2D eigenvalue weighted by molar-refractivity contribution is -0.386. The summed E-state index contributed by atoms with van der Waals surface area (Å²) in [5.41, 5.74) is 3.45. The van der Waals surface area contributed by atoms with E-state index in [9.17, 15) is 10.1 Å². The minimum absolute atomic E-state index is 0.0572. The van der Waals surface area contributed by atoms with Crippen molar-refractivity contribution in [1.82, 2.24) is 4.98 Å². The van der Waals surface area contributed by atoms with Crippen molar-refractivity contribution in [1.29, 1.82) is 0 Å². The van der Waals surface area contributed by atoms with Crippen LogP contribution in [0.25, 0.3) is 0 Å². The molecule has 5 nitrogen and oxygen atoms in total. The van der Waals surface area contributed by atoms with Crippen molar-refractivity contribution in [2.45, 2.75) is 44.8 Å². The van der Waals surface area contributed by atoms with Crippen LogP contribution in [0.4, 0.5) is 5.69 Å². The molecule has 2 heterocycles. The van der Waals surface area contributed by atoms with Gasteiger partial charge in [-0.3, -0.25) is 15.1 Å². The van der Waals surface area contributed by atoms with Gasteiger partial charge in [0.15, 0.2) is 0 Å². The summed E-state index contributed by atoms with van der Waals surface area (Å²) in [5, 5.41) is 11.1. The van der Waals surface area contributed by atoms with E-state index < -0.39 is 0 Å². The van der Waals surface area contributed by atoms with Gasteiger partial charge < -0.3 is 4.74 Å². The maximum atomic E-state index is 11.1. The lowest BCUT2D eigenvalue weighted by Gasteiger charge is -2.30. The first-order chi connectivity index (χ1) is 9.16. The van der Waals surface area contributed by atoms with Crippen LogP contribution < -0.4 is 0 Å². The van der Waals surface area contributed by atoms with Crippen molar-refractivity contribution in [2.75, 3.05) is 0 Å². The zero-order valence-corrected chi connectivity index (χ0v) is 10.8. The number of hydrogen-bond acceptors (Lipinski definition) is 4. The smallest absolute Gasteiger partial charge is 0.293 e. The molecule has 1 aliphatic carbocycles. The molecule has 2 aliphatic rings. The summed E-state index contributed by atoms with van der Waals surface area (Å²) < 4.78 is 6.07. The fraction of sp³-hybridized carbons (Fsp3) is 0.500. The number of aromatic nitrogens is 1. The van der Waals surface area contributed by atoms with Crippen LogP contribution in [0, 0.1) is 10.1 Å². The van der Waals surface area contributed by atoms with Gasteiger partial charge in [0.1, 0.15) is 6.20 Å². The molecule has 5 heteroatoms. The second kappa shape index (κ2) is 4.74. The van der Waals surface area contributed by atoms with E-state index in [0.717, 1.165) is 25.7 Å². The Kier molecular flexibility index (Phi) is 3.06. The predicted octanol–water partition coefficient (Wildman–Crippen LogP) is 3.32. The molecule has 0 aromatic carbocycles. The molecule has 3 rings (SSSR count). The van der Waals surface area contributed by atoms with Crippen LogP contribution in [0.5, 0.6) is 0 Å². The molecule has 19 heavy (non-hydrogen) atoms. The maximum absolute atomic E-state index is 11.1. The summed E-state index contributed by atoms with van der Waals surface area (Å²) in [5.74, 6) is 0. The SMILES string of the molecule is CC1=C2CCC[C@H]2O[C@@H](c2ccncc2[N+](=O)[O-])C1. The average molecular weight is 260 g/mol. The molecular weight excluding hydrogens is 244 g/mol. The van der Waals surface area contributed by atoms with Gasteiger partial charge in [-0.2, -0.15) is 0 Å². The molecule has 0 bridgehead atoms. The molecule has 2 atom stereocenters. The molecule has 0 unspecified atom stereocenters. The van der Waals surface area contributed by atoms with Gasteiger partial charge in [0.05, 0.1) is 22.7 Å². The van der Waals surface area contributed by atoms with Gasteiger partial charge in [-0.25, -0.2) is 0 Å². The minimum Gasteiger partial charge on any atom is -0.365 e. The first-order valence-electron chi connectivity index (χ1n) is 6.59. The van der Waals surface area contributed by atoms with E-state index in [-0.39, 0.29) is 22.8 Å². The van der Waals surface area contributed by atoms with E-state index in [4.69, 9.17) is 4.74 Å². The molecule has 0 amide bonds. The molecule has 0 radical (unpaired) electrons. The molecule has 0 N–H and O–H groups in total. The van der Waals surface area contributed by atoms with Crippen LogP contribution >= 0.6 is 0 Å². The third kappa shape index (κ3) is 2.14. The molecule has 1 saturated carbocycles. The van der Waals surface area contributed by atoms with Crippen LogP contribution in [0.1, 0.15) is 44.3 Å². The molecule has 1 fully saturated rings. The summed E-state index contributed by atoms with van der Waals surface area (Å²) in [7, 11) is 0. The van der Waals surface area contributed by atoms with E-state index in [1.165, 1.54) is 17.3 Å². The largest absolute Gasteiger partial charge is 0.365 e. The maximum Gasteiger partial charge on any atom is 0.293 e. The van der Waals surface area contributed by atoms with Gasteiger partial charge in [0.25, 0.3) is 5.69 Å². The van der Waals surface area contributed by atoms with Crippen molar-refractivity contribution in [2.24, 2.45) is 0 Å². The Hall–Kier alpha value is -1.75. The zero-order valence-electron chi connectivity index (χ0n) is 10.8. The van der Waals surface area contributed by atoms with Crippen LogP contribution in [-0.2, 0) is 4.74 Å². The van der Waals surface area contributed by atoms with Crippen molar-refractivity contribution in [3.8, 4) is 0 Å². The van der Waals surface area contributed by atoms with Crippen molar-refractivity contribution < 1.29 is 9.66 Å². The fourth-order valence-corrected chi connectivity index (χ4v) is 3.11. The predicted molar refractivity (Wildman–Crippen MR) is 69.7 cm³/mol. The van der Waals surface area contributed by atoms with Gasteiger partial charge >= 0.3 is 0 Å². The van der Waals surface area contributed by atoms with E-state index in [2.05, 4.69) is 11.9 Å². The second-order valence-corrected chi connectivity index (χ2v) is 5.21. The Balaban J connectivity index is 1.95. The number of pyridine rings is 1. The second-order valence-electron chi connectivity index (χ2n) is 5.21. The standard InChI is InChI=1S/C14H16N2O3/c1-9-7-14(19-13-4-2-3-10(9)13)11-5-6-15-8-12(11)16(17)18/h5-6,8,13-14H,2-4,7H2,1H3/t13-,14-/m1/s1. The molecular formula is C14H16N2O3. The third-order valence-corrected chi connectivity index (χ3v) is 4.05. The minimum atomic E-state index is -0.380. The highest BCUT2D eigenvalue weighted by Gasteiger charge is 2.34. The molecule has 100 valence electrons. The average Bonchev–Trinajstić information content (AvgIpc) is 2.87.